The maximum Gasteiger partial charge on any atom is 0.201 e. The normalized spacial score (nSPS) is 54.1. The number of ether oxygens (including phenoxy) is 4. The van der Waals surface area contributed by atoms with Gasteiger partial charge < -0.3 is 18.9 Å². The van der Waals surface area contributed by atoms with Crippen LogP contribution in [0.3, 0.4) is 0 Å². The van der Waals surface area contributed by atoms with Crippen LogP contribution in [0.15, 0.2) is 36.4 Å². The fraction of sp³-hybridized carbons (Fsp3) is 0.750. The van der Waals surface area contributed by atoms with Crippen LogP contribution in [0.2, 0.25) is 0 Å². The first-order chi connectivity index (χ1) is 23.0. The van der Waals surface area contributed by atoms with Crippen molar-refractivity contribution in [3.05, 3.63) is 47.5 Å². The Morgan fingerprint density at radius 3 is 1.50 bits per heavy atom. The third kappa shape index (κ3) is 4.77. The van der Waals surface area contributed by atoms with Crippen molar-refractivity contribution in [1.82, 2.24) is 0 Å². The van der Waals surface area contributed by atoms with Gasteiger partial charge in [-0.15, -0.1) is 0 Å². The molecule has 262 valence electrons. The van der Waals surface area contributed by atoms with Crippen molar-refractivity contribution in [2.24, 2.45) is 47.3 Å². The van der Waals surface area contributed by atoms with E-state index in [9.17, 15) is 0 Å². The molecule has 1 aromatic carbocycles. The van der Waals surface area contributed by atoms with Gasteiger partial charge >= 0.3 is 0 Å². The van der Waals surface area contributed by atoms with Crippen molar-refractivity contribution in [3.8, 4) is 0 Å². The highest BCUT2D eigenvalue weighted by molar-refractivity contribution is 5.58. The average molecular weight is 663 g/mol. The summed E-state index contributed by atoms with van der Waals surface area (Å²) in [7, 11) is 0. The molecule has 2 unspecified atom stereocenters. The van der Waals surface area contributed by atoms with Crippen LogP contribution in [0.4, 0.5) is 0 Å². The van der Waals surface area contributed by atoms with E-state index in [1.54, 1.807) is 0 Å². The monoisotopic (exact) mass is 662 g/mol. The topological polar surface area (TPSA) is 73.8 Å². The fourth-order valence-electron chi connectivity index (χ4n) is 11.5. The van der Waals surface area contributed by atoms with Gasteiger partial charge in [0, 0.05) is 24.7 Å². The van der Waals surface area contributed by atoms with E-state index in [0.717, 1.165) is 49.7 Å². The molecule has 8 heterocycles. The molecule has 0 amide bonds. The molecule has 0 N–H and O–H groups in total. The zero-order valence-corrected chi connectivity index (χ0v) is 29.5. The van der Waals surface area contributed by atoms with Gasteiger partial charge in [-0.2, -0.15) is 0 Å². The summed E-state index contributed by atoms with van der Waals surface area (Å²) >= 11 is 0. The van der Waals surface area contributed by atoms with Crippen molar-refractivity contribution in [2.75, 3.05) is 0 Å². The van der Waals surface area contributed by atoms with Crippen molar-refractivity contribution in [2.45, 2.75) is 140 Å². The smallest absolute Gasteiger partial charge is 0.201 e. The maximum atomic E-state index is 6.79. The molecule has 11 rings (SSSR count). The number of hydrogen-bond donors (Lipinski definition) is 0. The Balaban J connectivity index is 0.928. The number of rotatable bonds is 4. The van der Waals surface area contributed by atoms with Crippen LogP contribution in [0.1, 0.15) is 104 Å². The average Bonchev–Trinajstić information content (AvgIpc) is 3.45. The van der Waals surface area contributed by atoms with E-state index in [0.29, 0.717) is 35.5 Å². The van der Waals surface area contributed by atoms with Gasteiger partial charge in [0.05, 0.1) is 12.2 Å². The highest BCUT2D eigenvalue weighted by Crippen LogP contribution is 2.62. The molecule has 8 heteroatoms. The molecule has 10 aliphatic rings. The van der Waals surface area contributed by atoms with Crippen LogP contribution >= 0.6 is 0 Å². The van der Waals surface area contributed by atoms with Crippen LogP contribution in [0.5, 0.6) is 0 Å². The van der Waals surface area contributed by atoms with Crippen LogP contribution in [-0.4, -0.2) is 47.6 Å². The zero-order chi connectivity index (χ0) is 33.1. The number of benzene rings is 1. The standard InChI is InChI=1S/C40H54O8/c1-23-10-14-31-25(3)33(41-35-39(31)29(23)18-20-37(5,43-35)45-47-39)16-12-27-8-7-9-28(22-27)13-17-34-26(4)32-15-11-24(2)30-19-21-38(6)44-36(42-34)40(30,32)48-46-38/h7-9,12-13,16-17,22-26,29-36H,10-11,14-15,18-21H2,1-6H3/b16-12+,17-13+/t23-,24+,25-,26+,29+,30-,31+,32-,33?,34?,35+,36-,37-,38+,39-,40+. The lowest BCUT2D eigenvalue weighted by Gasteiger charge is -2.60. The predicted molar refractivity (Wildman–Crippen MR) is 178 cm³/mol. The Kier molecular flexibility index (Phi) is 7.70. The van der Waals surface area contributed by atoms with E-state index in [1.807, 2.05) is 13.8 Å². The van der Waals surface area contributed by atoms with E-state index in [1.165, 1.54) is 12.8 Å². The largest absolute Gasteiger partial charge is 0.342 e. The molecule has 0 radical (unpaired) electrons. The summed E-state index contributed by atoms with van der Waals surface area (Å²) in [5.41, 5.74) is 1.22. The fourth-order valence-corrected chi connectivity index (χ4v) is 11.5. The van der Waals surface area contributed by atoms with Crippen LogP contribution in [-0.2, 0) is 38.5 Å². The van der Waals surface area contributed by atoms with Gasteiger partial charge in [0.2, 0.25) is 11.6 Å². The molecule has 2 spiro atoms. The highest BCUT2D eigenvalue weighted by Gasteiger charge is 2.70. The molecule has 48 heavy (non-hydrogen) atoms. The first-order valence-corrected chi connectivity index (χ1v) is 18.9. The van der Waals surface area contributed by atoms with Gasteiger partial charge in [0.15, 0.2) is 23.8 Å². The quantitative estimate of drug-likeness (QED) is 0.299. The van der Waals surface area contributed by atoms with Gasteiger partial charge in [-0.05, 0) is 105 Å². The molecule has 0 aromatic heterocycles. The summed E-state index contributed by atoms with van der Waals surface area (Å²) in [6.45, 7) is 13.3. The first kappa shape index (κ1) is 32.3. The minimum atomic E-state index is -0.759. The van der Waals surface area contributed by atoms with Crippen LogP contribution in [0.25, 0.3) is 12.2 Å². The summed E-state index contributed by atoms with van der Waals surface area (Å²) in [5, 5.41) is 0. The molecule has 1 aromatic rings. The van der Waals surface area contributed by atoms with Gasteiger partial charge in [-0.3, -0.25) is 0 Å². The molecular weight excluding hydrogens is 608 g/mol. The van der Waals surface area contributed by atoms with Crippen LogP contribution < -0.4 is 0 Å². The lowest BCUT2D eigenvalue weighted by Crippen LogP contribution is -2.70. The van der Waals surface area contributed by atoms with Crippen molar-refractivity contribution in [3.63, 3.8) is 0 Å². The summed E-state index contributed by atoms with van der Waals surface area (Å²) in [6, 6.07) is 8.67. The molecular formula is C40H54O8. The van der Waals surface area contributed by atoms with Gasteiger partial charge in [0.25, 0.3) is 0 Å². The number of hydrogen-bond acceptors (Lipinski definition) is 8. The summed E-state index contributed by atoms with van der Waals surface area (Å²) in [6.07, 6.45) is 16.2. The Labute approximate surface area is 285 Å². The minimum Gasteiger partial charge on any atom is -0.342 e. The minimum absolute atomic E-state index is 0.0701. The molecule has 10 fully saturated rings. The number of fused-ring (bicyclic) bond motifs is 4. The summed E-state index contributed by atoms with van der Waals surface area (Å²) in [4.78, 5) is 24.7. The van der Waals surface area contributed by atoms with Gasteiger partial charge in [0.1, 0.15) is 0 Å². The molecule has 8 aliphatic heterocycles. The Hall–Kier alpha value is -1.62. The van der Waals surface area contributed by atoms with E-state index in [4.69, 9.17) is 38.5 Å². The zero-order valence-electron chi connectivity index (χ0n) is 29.5. The molecule has 16 atom stereocenters. The van der Waals surface area contributed by atoms with Crippen molar-refractivity contribution in [1.29, 1.82) is 0 Å². The van der Waals surface area contributed by atoms with E-state index >= 15 is 0 Å². The van der Waals surface area contributed by atoms with E-state index < -0.39 is 35.4 Å². The Bertz CT molecular complexity index is 1360. The van der Waals surface area contributed by atoms with Crippen LogP contribution in [0, 0.1) is 47.3 Å². The first-order valence-electron chi connectivity index (χ1n) is 18.9. The second-order valence-electron chi connectivity index (χ2n) is 17.1. The second-order valence-corrected chi connectivity index (χ2v) is 17.1. The van der Waals surface area contributed by atoms with Crippen molar-refractivity contribution < 1.29 is 38.5 Å². The third-order valence-electron chi connectivity index (χ3n) is 14.3. The molecule has 8 nitrogen and oxygen atoms in total. The van der Waals surface area contributed by atoms with Gasteiger partial charge in [-0.1, -0.05) is 70.2 Å². The summed E-state index contributed by atoms with van der Waals surface area (Å²) in [5.74, 6) is 1.53. The SMILES string of the molecule is C[C@@H]1CC[C@H]2[C@@H](C)C(/C=C/c3cccc(/C=C/C4O[C@@H]5O[C@]6(C)CC[C@@H]7[C@@H](C)CC[C@H]([C@@H]4C)[C@]57OO6)c3)O[C@H]3O[C@@]4(C)CC[C@@H]1[C@]32OO4. The van der Waals surface area contributed by atoms with Gasteiger partial charge in [-0.25, -0.2) is 19.6 Å². The highest BCUT2D eigenvalue weighted by atomic mass is 17.3. The molecule has 8 saturated heterocycles. The molecule has 4 bridgehead atoms. The summed E-state index contributed by atoms with van der Waals surface area (Å²) < 4.78 is 26.7. The van der Waals surface area contributed by atoms with E-state index in [2.05, 4.69) is 76.3 Å². The third-order valence-corrected chi connectivity index (χ3v) is 14.3. The maximum absolute atomic E-state index is 6.79. The Morgan fingerprint density at radius 2 is 1.04 bits per heavy atom. The molecule has 2 aliphatic carbocycles. The lowest BCUT2D eigenvalue weighted by atomic mass is 9.57. The van der Waals surface area contributed by atoms with Crippen molar-refractivity contribution >= 4 is 12.2 Å². The molecule has 2 saturated carbocycles. The Morgan fingerprint density at radius 1 is 0.583 bits per heavy atom. The second kappa shape index (κ2) is 11.4. The van der Waals surface area contributed by atoms with E-state index in [-0.39, 0.29) is 24.0 Å². The predicted octanol–water partition coefficient (Wildman–Crippen LogP) is 8.21. The lowest BCUT2D eigenvalue weighted by molar-refractivity contribution is -0.569.